The summed E-state index contributed by atoms with van der Waals surface area (Å²) < 4.78 is 40.7. The van der Waals surface area contributed by atoms with Crippen molar-refractivity contribution in [3.63, 3.8) is 0 Å². The van der Waals surface area contributed by atoms with Crippen LogP contribution >= 0.6 is 15.9 Å². The van der Waals surface area contributed by atoms with Crippen molar-refractivity contribution in [2.75, 3.05) is 6.54 Å². The van der Waals surface area contributed by atoms with Crippen LogP contribution in [0.3, 0.4) is 0 Å². The molecule has 1 saturated carbocycles. The number of hydrogen-bond acceptors (Lipinski definition) is 1. The fourth-order valence-corrected chi connectivity index (χ4v) is 3.50. The highest BCUT2D eigenvalue weighted by molar-refractivity contribution is 9.10. The molecule has 1 nitrogen and oxygen atoms in total. The maximum absolute atomic E-state index is 13.6. The maximum atomic E-state index is 13.6. The number of likely N-dealkylation sites (N-methyl/N-ethyl adjacent to an activating group) is 1. The normalized spacial score (nSPS) is 20.4. The fourth-order valence-electron chi connectivity index (χ4n) is 3.08. The highest BCUT2D eigenvalue weighted by Crippen LogP contribution is 2.38. The standard InChI is InChI=1S/C16H21BrF3N/c1-2-21-14(11-6-8-16(19,20)9-7-11)10-12-4-3-5-13(18)15(12)17/h3-5,11,14,21H,2,6-10H2,1H3. The molecule has 0 radical (unpaired) electrons. The summed E-state index contributed by atoms with van der Waals surface area (Å²) >= 11 is 3.28. The van der Waals surface area contributed by atoms with E-state index in [-0.39, 0.29) is 30.6 Å². The summed E-state index contributed by atoms with van der Waals surface area (Å²) in [7, 11) is 0. The Morgan fingerprint density at radius 3 is 2.62 bits per heavy atom. The van der Waals surface area contributed by atoms with Crippen molar-refractivity contribution in [1.82, 2.24) is 5.32 Å². The van der Waals surface area contributed by atoms with Crippen LogP contribution in [0.15, 0.2) is 22.7 Å². The molecule has 0 aromatic heterocycles. The van der Waals surface area contributed by atoms with Crippen molar-refractivity contribution in [3.8, 4) is 0 Å². The molecule has 0 spiro atoms. The second kappa shape index (κ2) is 7.14. The molecule has 2 rings (SSSR count). The third kappa shape index (κ3) is 4.46. The van der Waals surface area contributed by atoms with E-state index in [0.29, 0.717) is 23.7 Å². The Morgan fingerprint density at radius 2 is 2.00 bits per heavy atom. The molecule has 0 aliphatic heterocycles. The van der Waals surface area contributed by atoms with Crippen molar-refractivity contribution < 1.29 is 13.2 Å². The lowest BCUT2D eigenvalue weighted by atomic mass is 9.80. The van der Waals surface area contributed by atoms with Crippen molar-refractivity contribution in [1.29, 1.82) is 0 Å². The molecule has 1 aromatic rings. The summed E-state index contributed by atoms with van der Waals surface area (Å²) in [6.45, 7) is 2.79. The predicted molar refractivity (Wildman–Crippen MR) is 82.2 cm³/mol. The minimum atomic E-state index is -2.51. The second-order valence-electron chi connectivity index (χ2n) is 5.77. The monoisotopic (exact) mass is 363 g/mol. The minimum absolute atomic E-state index is 0.0378. The van der Waals surface area contributed by atoms with Gasteiger partial charge in [-0.25, -0.2) is 13.2 Å². The SMILES string of the molecule is CCNC(Cc1cccc(F)c1Br)C1CCC(F)(F)CC1. The summed E-state index contributed by atoms with van der Waals surface area (Å²) in [5, 5.41) is 3.39. The third-order valence-corrected chi connectivity index (χ3v) is 5.16. The average Bonchev–Trinajstić information content (AvgIpc) is 2.43. The van der Waals surface area contributed by atoms with Crippen LogP contribution in [0, 0.1) is 11.7 Å². The summed E-state index contributed by atoms with van der Waals surface area (Å²) in [6.07, 6.45) is 1.63. The maximum Gasteiger partial charge on any atom is 0.248 e. The minimum Gasteiger partial charge on any atom is -0.314 e. The Hall–Kier alpha value is -0.550. The van der Waals surface area contributed by atoms with Crippen LogP contribution in [0.4, 0.5) is 13.2 Å². The van der Waals surface area contributed by atoms with Crippen molar-refractivity contribution in [2.24, 2.45) is 5.92 Å². The molecular weight excluding hydrogens is 343 g/mol. The van der Waals surface area contributed by atoms with Gasteiger partial charge in [0.15, 0.2) is 0 Å². The molecule has 0 heterocycles. The van der Waals surface area contributed by atoms with Gasteiger partial charge >= 0.3 is 0 Å². The van der Waals surface area contributed by atoms with Gasteiger partial charge < -0.3 is 5.32 Å². The first kappa shape index (κ1) is 16.8. The molecule has 1 N–H and O–H groups in total. The summed E-state index contributed by atoms with van der Waals surface area (Å²) in [4.78, 5) is 0. The van der Waals surface area contributed by atoms with E-state index in [2.05, 4.69) is 21.2 Å². The molecule has 1 atom stereocenters. The van der Waals surface area contributed by atoms with E-state index in [1.165, 1.54) is 6.07 Å². The van der Waals surface area contributed by atoms with Gasteiger partial charge in [0.2, 0.25) is 5.92 Å². The van der Waals surface area contributed by atoms with Gasteiger partial charge in [-0.1, -0.05) is 19.1 Å². The topological polar surface area (TPSA) is 12.0 Å². The zero-order valence-electron chi connectivity index (χ0n) is 12.1. The molecule has 1 aliphatic rings. The summed E-state index contributed by atoms with van der Waals surface area (Å²) in [6, 6.07) is 5.10. The predicted octanol–water partition coefficient (Wildman–Crippen LogP) is 4.93. The van der Waals surface area contributed by atoms with Gasteiger partial charge in [0.1, 0.15) is 5.82 Å². The molecule has 118 valence electrons. The number of rotatable bonds is 5. The molecular formula is C16H21BrF3N. The van der Waals surface area contributed by atoms with Gasteiger partial charge in [-0.2, -0.15) is 0 Å². The van der Waals surface area contributed by atoms with Gasteiger partial charge in [-0.05, 0) is 59.3 Å². The van der Waals surface area contributed by atoms with Crippen LogP contribution in [0.2, 0.25) is 0 Å². The van der Waals surface area contributed by atoms with Crippen LogP contribution in [-0.4, -0.2) is 18.5 Å². The van der Waals surface area contributed by atoms with Crippen molar-refractivity contribution in [2.45, 2.75) is 51.0 Å². The van der Waals surface area contributed by atoms with E-state index in [9.17, 15) is 13.2 Å². The third-order valence-electron chi connectivity index (χ3n) is 4.27. The van der Waals surface area contributed by atoms with Gasteiger partial charge in [0.25, 0.3) is 0 Å². The smallest absolute Gasteiger partial charge is 0.248 e. The number of alkyl halides is 2. The Balaban J connectivity index is 2.07. The highest BCUT2D eigenvalue weighted by Gasteiger charge is 2.37. The van der Waals surface area contributed by atoms with Gasteiger partial charge in [-0.3, -0.25) is 0 Å². The molecule has 5 heteroatoms. The lowest BCUT2D eigenvalue weighted by Crippen LogP contribution is -2.41. The van der Waals surface area contributed by atoms with Crippen LogP contribution in [0.5, 0.6) is 0 Å². The first-order chi connectivity index (χ1) is 9.93. The number of nitrogens with one attached hydrogen (secondary N) is 1. The lowest BCUT2D eigenvalue weighted by Gasteiger charge is -2.34. The molecule has 1 aromatic carbocycles. The largest absolute Gasteiger partial charge is 0.314 e. The Kier molecular flexibility index (Phi) is 5.72. The average molecular weight is 364 g/mol. The number of halogens is 4. The summed E-state index contributed by atoms with van der Waals surface area (Å²) in [5.74, 6) is -2.56. The molecule has 1 unspecified atom stereocenters. The summed E-state index contributed by atoms with van der Waals surface area (Å²) in [5.41, 5.74) is 0.887. The zero-order valence-corrected chi connectivity index (χ0v) is 13.7. The van der Waals surface area contributed by atoms with E-state index < -0.39 is 5.92 Å². The number of hydrogen-bond donors (Lipinski definition) is 1. The van der Waals surface area contributed by atoms with E-state index in [1.54, 1.807) is 6.07 Å². The van der Waals surface area contributed by atoms with Crippen molar-refractivity contribution in [3.05, 3.63) is 34.1 Å². The van der Waals surface area contributed by atoms with E-state index in [1.807, 2.05) is 13.0 Å². The van der Waals surface area contributed by atoms with Gasteiger partial charge in [-0.15, -0.1) is 0 Å². The van der Waals surface area contributed by atoms with E-state index in [4.69, 9.17) is 0 Å². The van der Waals surface area contributed by atoms with E-state index >= 15 is 0 Å². The Bertz CT molecular complexity index is 469. The Labute approximate surface area is 132 Å². The molecule has 1 aliphatic carbocycles. The molecule has 0 saturated heterocycles. The molecule has 21 heavy (non-hydrogen) atoms. The lowest BCUT2D eigenvalue weighted by molar-refractivity contribution is -0.0494. The molecule has 0 amide bonds. The van der Waals surface area contributed by atoms with Crippen LogP contribution < -0.4 is 5.32 Å². The second-order valence-corrected chi connectivity index (χ2v) is 6.57. The van der Waals surface area contributed by atoms with Crippen molar-refractivity contribution >= 4 is 15.9 Å². The van der Waals surface area contributed by atoms with Crippen LogP contribution in [0.25, 0.3) is 0 Å². The van der Waals surface area contributed by atoms with E-state index in [0.717, 1.165) is 12.1 Å². The van der Waals surface area contributed by atoms with Gasteiger partial charge in [0.05, 0.1) is 4.47 Å². The zero-order chi connectivity index (χ0) is 15.5. The first-order valence-electron chi connectivity index (χ1n) is 7.47. The first-order valence-corrected chi connectivity index (χ1v) is 8.26. The quantitative estimate of drug-likeness (QED) is 0.781. The fraction of sp³-hybridized carbons (Fsp3) is 0.625. The molecule has 1 fully saturated rings. The highest BCUT2D eigenvalue weighted by atomic mass is 79.9. The van der Waals surface area contributed by atoms with Crippen LogP contribution in [-0.2, 0) is 6.42 Å². The molecule has 0 bridgehead atoms. The van der Waals surface area contributed by atoms with Crippen LogP contribution in [0.1, 0.15) is 38.2 Å². The Morgan fingerprint density at radius 1 is 1.33 bits per heavy atom. The van der Waals surface area contributed by atoms with Gasteiger partial charge in [0, 0.05) is 18.9 Å². The number of benzene rings is 1.